The second kappa shape index (κ2) is 6.27. The SMILES string of the molecule is CCC1CCCC(NC(=O)OC(C)(C)C)CC1. The molecule has 3 nitrogen and oxygen atoms in total. The summed E-state index contributed by atoms with van der Waals surface area (Å²) in [6, 6.07) is 0.307. The number of carbonyl (C=O) groups is 1. The Morgan fingerprint density at radius 2 is 1.94 bits per heavy atom. The summed E-state index contributed by atoms with van der Waals surface area (Å²) < 4.78 is 5.28. The van der Waals surface area contributed by atoms with Crippen LogP contribution in [0.15, 0.2) is 0 Å². The van der Waals surface area contributed by atoms with Crippen LogP contribution in [0.1, 0.15) is 66.2 Å². The van der Waals surface area contributed by atoms with E-state index in [9.17, 15) is 4.79 Å². The maximum atomic E-state index is 11.7. The van der Waals surface area contributed by atoms with Gasteiger partial charge in [0, 0.05) is 6.04 Å². The van der Waals surface area contributed by atoms with Crippen molar-refractivity contribution >= 4 is 6.09 Å². The van der Waals surface area contributed by atoms with Gasteiger partial charge in [0.25, 0.3) is 0 Å². The van der Waals surface area contributed by atoms with Gasteiger partial charge in [-0.3, -0.25) is 0 Å². The molecule has 1 amide bonds. The third-order valence-corrected chi connectivity index (χ3v) is 3.39. The van der Waals surface area contributed by atoms with Crippen LogP contribution in [0.3, 0.4) is 0 Å². The summed E-state index contributed by atoms with van der Waals surface area (Å²) in [5.74, 6) is 0.848. The van der Waals surface area contributed by atoms with Crippen LogP contribution in [0.4, 0.5) is 4.79 Å². The van der Waals surface area contributed by atoms with Gasteiger partial charge in [0.15, 0.2) is 0 Å². The predicted molar refractivity (Wildman–Crippen MR) is 70.0 cm³/mol. The van der Waals surface area contributed by atoms with Gasteiger partial charge in [0.1, 0.15) is 5.60 Å². The van der Waals surface area contributed by atoms with Gasteiger partial charge in [-0.25, -0.2) is 4.79 Å². The second-order valence-electron chi connectivity index (χ2n) is 6.13. The minimum absolute atomic E-state index is 0.266. The van der Waals surface area contributed by atoms with Crippen molar-refractivity contribution in [1.82, 2.24) is 5.32 Å². The Morgan fingerprint density at radius 1 is 1.24 bits per heavy atom. The average molecular weight is 241 g/mol. The largest absolute Gasteiger partial charge is 0.444 e. The Labute approximate surface area is 105 Å². The van der Waals surface area contributed by atoms with Crippen LogP contribution in [0.5, 0.6) is 0 Å². The molecule has 1 saturated carbocycles. The van der Waals surface area contributed by atoms with E-state index in [2.05, 4.69) is 12.2 Å². The standard InChI is InChI=1S/C14H27NO2/c1-5-11-7-6-8-12(10-9-11)15-13(16)17-14(2,3)4/h11-12H,5-10H2,1-4H3,(H,15,16). The third kappa shape index (κ3) is 5.94. The summed E-state index contributed by atoms with van der Waals surface area (Å²) in [5, 5.41) is 3.00. The molecule has 0 bridgehead atoms. The highest BCUT2D eigenvalue weighted by Gasteiger charge is 2.22. The summed E-state index contributed by atoms with van der Waals surface area (Å²) in [4.78, 5) is 11.7. The molecule has 2 atom stereocenters. The number of alkyl carbamates (subject to hydrolysis) is 1. The molecule has 1 aliphatic rings. The van der Waals surface area contributed by atoms with E-state index in [4.69, 9.17) is 4.74 Å². The van der Waals surface area contributed by atoms with Crippen molar-refractivity contribution in [1.29, 1.82) is 0 Å². The van der Waals surface area contributed by atoms with Gasteiger partial charge in [-0.2, -0.15) is 0 Å². The molecule has 17 heavy (non-hydrogen) atoms. The summed E-state index contributed by atoms with van der Waals surface area (Å²) in [6.07, 6.45) is 6.95. The van der Waals surface area contributed by atoms with Crippen molar-refractivity contribution in [2.45, 2.75) is 77.9 Å². The van der Waals surface area contributed by atoms with E-state index in [-0.39, 0.29) is 6.09 Å². The highest BCUT2D eigenvalue weighted by Crippen LogP contribution is 2.25. The van der Waals surface area contributed by atoms with Crippen molar-refractivity contribution < 1.29 is 9.53 Å². The van der Waals surface area contributed by atoms with E-state index in [1.54, 1.807) is 0 Å². The number of ether oxygens (including phenoxy) is 1. The number of nitrogens with one attached hydrogen (secondary N) is 1. The maximum Gasteiger partial charge on any atom is 0.407 e. The van der Waals surface area contributed by atoms with Crippen LogP contribution < -0.4 is 5.32 Å². The van der Waals surface area contributed by atoms with Crippen LogP contribution in [-0.4, -0.2) is 17.7 Å². The molecule has 100 valence electrons. The van der Waals surface area contributed by atoms with Gasteiger partial charge in [0.2, 0.25) is 0 Å². The topological polar surface area (TPSA) is 38.3 Å². The van der Waals surface area contributed by atoms with E-state index in [0.717, 1.165) is 18.8 Å². The first kappa shape index (κ1) is 14.3. The highest BCUT2D eigenvalue weighted by molar-refractivity contribution is 5.68. The first-order chi connectivity index (χ1) is 7.90. The summed E-state index contributed by atoms with van der Waals surface area (Å²) in [7, 11) is 0. The van der Waals surface area contributed by atoms with Crippen LogP contribution in [0.25, 0.3) is 0 Å². The number of hydrogen-bond donors (Lipinski definition) is 1. The lowest BCUT2D eigenvalue weighted by molar-refractivity contribution is 0.0499. The Morgan fingerprint density at radius 3 is 2.53 bits per heavy atom. The average Bonchev–Trinajstić information content (AvgIpc) is 2.40. The Bertz CT molecular complexity index is 245. The molecule has 3 heteroatoms. The van der Waals surface area contributed by atoms with Crippen molar-refractivity contribution in [3.05, 3.63) is 0 Å². The molecular formula is C14H27NO2. The first-order valence-corrected chi connectivity index (χ1v) is 6.90. The zero-order chi connectivity index (χ0) is 12.9. The van der Waals surface area contributed by atoms with Crippen molar-refractivity contribution in [3.63, 3.8) is 0 Å². The second-order valence-corrected chi connectivity index (χ2v) is 6.13. The molecule has 1 rings (SSSR count). The Balaban J connectivity index is 2.34. The fourth-order valence-corrected chi connectivity index (χ4v) is 2.41. The molecule has 0 radical (unpaired) electrons. The molecule has 0 aromatic heterocycles. The molecule has 0 saturated heterocycles. The van der Waals surface area contributed by atoms with Gasteiger partial charge < -0.3 is 10.1 Å². The van der Waals surface area contributed by atoms with E-state index in [1.165, 1.54) is 25.7 Å². The molecular weight excluding hydrogens is 214 g/mol. The molecule has 0 aromatic rings. The van der Waals surface area contributed by atoms with Gasteiger partial charge in [0.05, 0.1) is 0 Å². The molecule has 1 fully saturated rings. The maximum absolute atomic E-state index is 11.7. The monoisotopic (exact) mass is 241 g/mol. The number of rotatable bonds is 2. The van der Waals surface area contributed by atoms with Crippen LogP contribution >= 0.6 is 0 Å². The van der Waals surface area contributed by atoms with Gasteiger partial charge >= 0.3 is 6.09 Å². The van der Waals surface area contributed by atoms with Gasteiger partial charge in [-0.15, -0.1) is 0 Å². The van der Waals surface area contributed by atoms with Crippen molar-refractivity contribution in [2.75, 3.05) is 0 Å². The molecule has 0 aliphatic heterocycles. The molecule has 2 unspecified atom stereocenters. The summed E-state index contributed by atoms with van der Waals surface area (Å²) in [5.41, 5.74) is -0.402. The van der Waals surface area contributed by atoms with E-state index in [0.29, 0.717) is 6.04 Å². The Kier molecular flexibility index (Phi) is 5.29. The van der Waals surface area contributed by atoms with E-state index in [1.807, 2.05) is 20.8 Å². The van der Waals surface area contributed by atoms with Crippen molar-refractivity contribution in [3.8, 4) is 0 Å². The summed E-state index contributed by atoms with van der Waals surface area (Å²) >= 11 is 0. The Hall–Kier alpha value is -0.730. The lowest BCUT2D eigenvalue weighted by Gasteiger charge is -2.23. The quantitative estimate of drug-likeness (QED) is 0.745. The van der Waals surface area contributed by atoms with Crippen LogP contribution in [0, 0.1) is 5.92 Å². The molecule has 0 aromatic carbocycles. The van der Waals surface area contributed by atoms with E-state index < -0.39 is 5.60 Å². The lowest BCUT2D eigenvalue weighted by Crippen LogP contribution is -2.38. The third-order valence-electron chi connectivity index (χ3n) is 3.39. The minimum Gasteiger partial charge on any atom is -0.444 e. The highest BCUT2D eigenvalue weighted by atomic mass is 16.6. The van der Waals surface area contributed by atoms with Gasteiger partial charge in [-0.05, 0) is 46.0 Å². The van der Waals surface area contributed by atoms with Crippen molar-refractivity contribution in [2.24, 2.45) is 5.92 Å². The summed E-state index contributed by atoms with van der Waals surface area (Å²) in [6.45, 7) is 7.94. The fraction of sp³-hybridized carbons (Fsp3) is 0.929. The molecule has 1 N–H and O–H groups in total. The molecule has 0 spiro atoms. The molecule has 1 aliphatic carbocycles. The van der Waals surface area contributed by atoms with Crippen LogP contribution in [-0.2, 0) is 4.74 Å². The first-order valence-electron chi connectivity index (χ1n) is 6.90. The number of carbonyl (C=O) groups excluding carboxylic acids is 1. The number of hydrogen-bond acceptors (Lipinski definition) is 2. The zero-order valence-corrected chi connectivity index (χ0v) is 11.7. The van der Waals surface area contributed by atoms with Gasteiger partial charge in [-0.1, -0.05) is 26.2 Å². The molecule has 0 heterocycles. The smallest absolute Gasteiger partial charge is 0.407 e. The lowest BCUT2D eigenvalue weighted by atomic mass is 9.98. The fourth-order valence-electron chi connectivity index (χ4n) is 2.41. The number of amides is 1. The van der Waals surface area contributed by atoms with Crippen LogP contribution in [0.2, 0.25) is 0 Å². The van der Waals surface area contributed by atoms with E-state index >= 15 is 0 Å². The normalized spacial score (nSPS) is 26.1. The minimum atomic E-state index is -0.402. The predicted octanol–water partition coefficient (Wildman–Crippen LogP) is 3.87. The zero-order valence-electron chi connectivity index (χ0n) is 11.7.